The van der Waals surface area contributed by atoms with Crippen molar-refractivity contribution in [1.29, 1.82) is 0 Å². The molecule has 3 rings (SSSR count). The van der Waals surface area contributed by atoms with Gasteiger partial charge in [0.15, 0.2) is 0 Å². The van der Waals surface area contributed by atoms with Crippen molar-refractivity contribution >= 4 is 27.2 Å². The maximum absolute atomic E-state index is 4.80. The average Bonchev–Trinajstić information content (AvgIpc) is 2.51. The van der Waals surface area contributed by atoms with Gasteiger partial charge in [0.2, 0.25) is 5.36 Å². The average molecular weight is 312 g/mol. The molecule has 0 radical (unpaired) electrons. The molecule has 0 aromatic heterocycles. The van der Waals surface area contributed by atoms with Crippen molar-refractivity contribution in [2.24, 2.45) is 0 Å². The van der Waals surface area contributed by atoms with Gasteiger partial charge in [-0.25, -0.2) is 9.56 Å². The number of rotatable bonds is 3. The Morgan fingerprint density at radius 3 is 2.68 bits per heavy atom. The molecule has 1 aliphatic carbocycles. The van der Waals surface area contributed by atoms with E-state index in [1.165, 1.54) is 20.6 Å². The summed E-state index contributed by atoms with van der Waals surface area (Å²) >= 11 is 1.82. The van der Waals surface area contributed by atoms with Crippen LogP contribution in [0.2, 0.25) is 0 Å². The third-order valence-corrected chi connectivity index (χ3v) is 4.96. The molecule has 0 bridgehead atoms. The van der Waals surface area contributed by atoms with Crippen molar-refractivity contribution in [3.63, 3.8) is 0 Å². The summed E-state index contributed by atoms with van der Waals surface area (Å²) in [7, 11) is 6.28. The molecule has 0 atom stereocenters. The predicted octanol–water partition coefficient (Wildman–Crippen LogP) is 3.28. The van der Waals surface area contributed by atoms with E-state index in [9.17, 15) is 0 Å². The zero-order valence-corrected chi connectivity index (χ0v) is 14.4. The molecule has 114 valence electrons. The third kappa shape index (κ3) is 2.83. The first-order valence-electron chi connectivity index (χ1n) is 7.64. The normalized spacial score (nSPS) is 11.1. The van der Waals surface area contributed by atoms with E-state index >= 15 is 0 Å². The number of benzene rings is 2. The molecule has 1 aromatic rings. The van der Waals surface area contributed by atoms with E-state index in [4.69, 9.17) is 4.98 Å². The van der Waals surface area contributed by atoms with E-state index in [0.29, 0.717) is 0 Å². The van der Waals surface area contributed by atoms with Gasteiger partial charge in [0, 0.05) is 31.4 Å². The van der Waals surface area contributed by atoms with E-state index in [-0.39, 0.29) is 0 Å². The Hall–Kier alpha value is -1.94. The highest BCUT2D eigenvalue weighted by atomic mass is 32.1. The van der Waals surface area contributed by atoms with E-state index in [0.717, 1.165) is 24.2 Å². The number of aromatic nitrogens is 1. The lowest BCUT2D eigenvalue weighted by Gasteiger charge is -2.18. The van der Waals surface area contributed by atoms with Crippen LogP contribution < -0.4 is 14.8 Å². The summed E-state index contributed by atoms with van der Waals surface area (Å²) in [5.74, 6) is 0. The van der Waals surface area contributed by atoms with Crippen LogP contribution in [0.25, 0.3) is 20.8 Å². The molecule has 0 spiro atoms. The van der Waals surface area contributed by atoms with E-state index in [1.807, 2.05) is 11.3 Å². The summed E-state index contributed by atoms with van der Waals surface area (Å²) < 4.78 is 3.37. The first-order chi connectivity index (χ1) is 10.6. The van der Waals surface area contributed by atoms with Crippen molar-refractivity contribution < 1.29 is 0 Å². The number of fused-ring (bicyclic) bond motifs is 2. The molecule has 0 saturated carbocycles. The minimum Gasteiger partial charge on any atom is -0.375 e. The van der Waals surface area contributed by atoms with Crippen LogP contribution in [0, 0.1) is 0 Å². The van der Waals surface area contributed by atoms with Crippen LogP contribution >= 0.6 is 11.3 Å². The van der Waals surface area contributed by atoms with Gasteiger partial charge < -0.3 is 4.90 Å². The van der Waals surface area contributed by atoms with Gasteiger partial charge in [-0.05, 0) is 30.7 Å². The van der Waals surface area contributed by atoms with Gasteiger partial charge in [0.1, 0.15) is 14.1 Å². The Kier molecular flexibility index (Phi) is 4.12. The Morgan fingerprint density at radius 2 is 1.95 bits per heavy atom. The van der Waals surface area contributed by atoms with Gasteiger partial charge in [-0.2, -0.15) is 0 Å². The Labute approximate surface area is 135 Å². The number of nitrogens with zero attached hydrogens (tertiary/aromatic N) is 3. The monoisotopic (exact) mass is 312 g/mol. The number of hydrogen-bond acceptors (Lipinski definition) is 3. The summed E-state index contributed by atoms with van der Waals surface area (Å²) in [6.45, 7) is 3.28. The molecule has 0 saturated heterocycles. The fourth-order valence-electron chi connectivity index (χ4n) is 2.58. The standard InChI is InChI=1S/C18H22N3S/c1-5-10-21(4)14-7-9-16-18(12-14)22-17-11-13(20(2)3)6-8-15(17)19-16/h6-9,11-12H,5,10H2,1-4H3/q+1. The Bertz CT molecular complexity index is 846. The smallest absolute Gasteiger partial charge is 0.201 e. The molecule has 1 aliphatic heterocycles. The first kappa shape index (κ1) is 15.0. The summed E-state index contributed by atoms with van der Waals surface area (Å²) in [6.07, 6.45) is 1.15. The van der Waals surface area contributed by atoms with Gasteiger partial charge in [-0.15, -0.1) is 11.3 Å². The zero-order valence-electron chi connectivity index (χ0n) is 13.6. The highest BCUT2D eigenvalue weighted by Crippen LogP contribution is 2.31. The summed E-state index contributed by atoms with van der Waals surface area (Å²) in [5.41, 5.74) is 3.40. The van der Waals surface area contributed by atoms with Gasteiger partial charge in [-0.3, -0.25) is 0 Å². The molecule has 0 N–H and O–H groups in total. The van der Waals surface area contributed by atoms with Gasteiger partial charge in [0.25, 0.3) is 0 Å². The number of hydrogen-bond donors (Lipinski definition) is 0. The lowest BCUT2D eigenvalue weighted by atomic mass is 10.2. The zero-order chi connectivity index (χ0) is 15.7. The SMILES string of the molecule is CCCN(C)c1ccc2nc3ccc(=[N+](C)C)cc-3sc2c1. The second kappa shape index (κ2) is 6.05. The molecule has 22 heavy (non-hydrogen) atoms. The molecule has 0 fully saturated rings. The largest absolute Gasteiger partial charge is 0.375 e. The molecular weight excluding hydrogens is 290 g/mol. The lowest BCUT2D eigenvalue weighted by Crippen LogP contribution is -2.21. The van der Waals surface area contributed by atoms with Gasteiger partial charge in [0.05, 0.1) is 20.8 Å². The fourth-order valence-corrected chi connectivity index (χ4v) is 3.61. The van der Waals surface area contributed by atoms with Crippen molar-refractivity contribution in [3.8, 4) is 10.6 Å². The second-order valence-electron chi connectivity index (χ2n) is 5.83. The molecule has 1 heterocycles. The van der Waals surface area contributed by atoms with Crippen LogP contribution in [-0.2, 0) is 0 Å². The third-order valence-electron chi connectivity index (χ3n) is 3.86. The lowest BCUT2D eigenvalue weighted by molar-refractivity contribution is 0.814. The van der Waals surface area contributed by atoms with Crippen LogP contribution in [0.15, 0.2) is 36.4 Å². The predicted molar refractivity (Wildman–Crippen MR) is 96.9 cm³/mol. The molecule has 3 nitrogen and oxygen atoms in total. The Morgan fingerprint density at radius 1 is 1.14 bits per heavy atom. The van der Waals surface area contributed by atoms with Gasteiger partial charge in [-0.1, -0.05) is 6.92 Å². The molecule has 4 heteroatoms. The van der Waals surface area contributed by atoms with Crippen molar-refractivity contribution in [1.82, 2.24) is 9.56 Å². The molecule has 0 amide bonds. The minimum absolute atomic E-state index is 1.07. The highest BCUT2D eigenvalue weighted by Gasteiger charge is 2.10. The summed E-state index contributed by atoms with van der Waals surface area (Å²) in [6, 6.07) is 13.0. The fraction of sp³-hybridized carbons (Fsp3) is 0.333. The van der Waals surface area contributed by atoms with Gasteiger partial charge >= 0.3 is 0 Å². The highest BCUT2D eigenvalue weighted by molar-refractivity contribution is 7.21. The quantitative estimate of drug-likeness (QED) is 0.546. The minimum atomic E-state index is 1.07. The first-order valence-corrected chi connectivity index (χ1v) is 8.46. The molecule has 2 aliphatic rings. The topological polar surface area (TPSA) is 19.1 Å². The van der Waals surface area contributed by atoms with E-state index in [1.54, 1.807) is 0 Å². The number of anilines is 1. The van der Waals surface area contributed by atoms with Crippen LogP contribution in [0.5, 0.6) is 0 Å². The summed E-state index contributed by atoms with van der Waals surface area (Å²) in [4.78, 5) is 8.33. The van der Waals surface area contributed by atoms with Crippen LogP contribution in [0.3, 0.4) is 0 Å². The molecule has 1 aromatic carbocycles. The van der Waals surface area contributed by atoms with Crippen LogP contribution in [0.1, 0.15) is 13.3 Å². The van der Waals surface area contributed by atoms with Crippen LogP contribution in [-0.4, -0.2) is 32.7 Å². The summed E-state index contributed by atoms with van der Waals surface area (Å²) in [5, 5.41) is 1.21. The van der Waals surface area contributed by atoms with Crippen molar-refractivity contribution in [3.05, 3.63) is 41.8 Å². The molecule has 0 unspecified atom stereocenters. The van der Waals surface area contributed by atoms with Crippen molar-refractivity contribution in [2.75, 3.05) is 32.6 Å². The van der Waals surface area contributed by atoms with E-state index < -0.39 is 0 Å². The van der Waals surface area contributed by atoms with E-state index in [2.05, 4.69) is 73.9 Å². The Balaban J connectivity index is 2.18. The maximum atomic E-state index is 4.80. The van der Waals surface area contributed by atoms with Crippen molar-refractivity contribution in [2.45, 2.75) is 13.3 Å². The maximum Gasteiger partial charge on any atom is 0.201 e. The molecular formula is C18H22N3S+. The second-order valence-corrected chi connectivity index (χ2v) is 6.92. The van der Waals surface area contributed by atoms with Crippen LogP contribution in [0.4, 0.5) is 5.69 Å².